The topological polar surface area (TPSA) is 55.8 Å². The molecule has 0 bridgehead atoms. The van der Waals surface area contributed by atoms with Crippen LogP contribution in [0.2, 0.25) is 0 Å². The number of benzene rings is 2. The van der Waals surface area contributed by atoms with Crippen LogP contribution < -0.4 is 4.74 Å². The first-order chi connectivity index (χ1) is 12.3. The fraction of sp³-hybridized carbons (Fsp3) is 0.409. The summed E-state index contributed by atoms with van der Waals surface area (Å²) in [5.74, 6) is 0.304. The second-order valence-electron chi connectivity index (χ2n) is 7.03. The van der Waals surface area contributed by atoms with Gasteiger partial charge in [0.15, 0.2) is 6.79 Å². The molecule has 0 unspecified atom stereocenters. The Hall–Kier alpha value is -2.33. The summed E-state index contributed by atoms with van der Waals surface area (Å²) in [5, 5.41) is 9.37. The molecule has 0 aliphatic carbocycles. The van der Waals surface area contributed by atoms with Crippen molar-refractivity contribution in [3.05, 3.63) is 63.2 Å². The van der Waals surface area contributed by atoms with Gasteiger partial charge in [-0.1, -0.05) is 26.0 Å². The Balaban J connectivity index is 2.41. The molecule has 0 heterocycles. The minimum atomic E-state index is -0.873. The number of aryl methyl sites for hydroxylation is 1. The van der Waals surface area contributed by atoms with Crippen molar-refractivity contribution in [1.82, 2.24) is 0 Å². The van der Waals surface area contributed by atoms with Gasteiger partial charge < -0.3 is 14.6 Å². The van der Waals surface area contributed by atoms with Crippen molar-refractivity contribution in [1.29, 1.82) is 0 Å². The highest BCUT2D eigenvalue weighted by molar-refractivity contribution is 5.90. The van der Waals surface area contributed by atoms with Gasteiger partial charge in [0.1, 0.15) is 5.75 Å². The lowest BCUT2D eigenvalue weighted by molar-refractivity contribution is 0.0502. The van der Waals surface area contributed by atoms with Crippen molar-refractivity contribution in [3.8, 4) is 5.75 Å². The van der Waals surface area contributed by atoms with Gasteiger partial charge in [0.05, 0.1) is 5.56 Å². The molecule has 0 aromatic heterocycles. The number of rotatable bonds is 7. The summed E-state index contributed by atoms with van der Waals surface area (Å²) >= 11 is 0. The van der Waals surface area contributed by atoms with Crippen LogP contribution in [0.4, 0.5) is 0 Å². The maximum absolute atomic E-state index is 11.4. The highest BCUT2D eigenvalue weighted by Gasteiger charge is 2.16. The zero-order valence-corrected chi connectivity index (χ0v) is 16.5. The van der Waals surface area contributed by atoms with E-state index >= 15 is 0 Å². The number of methoxy groups -OCH3 is 1. The first kappa shape index (κ1) is 20.0. The summed E-state index contributed by atoms with van der Waals surface area (Å²) in [5.41, 5.74) is 6.80. The molecule has 1 N–H and O–H groups in total. The van der Waals surface area contributed by atoms with E-state index in [1.54, 1.807) is 13.2 Å². The van der Waals surface area contributed by atoms with Crippen molar-refractivity contribution in [2.75, 3.05) is 13.9 Å². The third-order valence-corrected chi connectivity index (χ3v) is 4.90. The SMILES string of the molecule is COCOc1ccc(Cc2c(C)cc(C(=O)O)c(C)c2C)cc1C(C)C. The molecule has 0 saturated heterocycles. The van der Waals surface area contributed by atoms with Gasteiger partial charge in [-0.3, -0.25) is 0 Å². The number of carboxylic acid groups (broad SMARTS) is 1. The Kier molecular flexibility index (Phi) is 6.43. The van der Waals surface area contributed by atoms with Crippen molar-refractivity contribution < 1.29 is 19.4 Å². The Morgan fingerprint density at radius 2 is 1.81 bits per heavy atom. The number of hydrogen-bond acceptors (Lipinski definition) is 3. The maximum Gasteiger partial charge on any atom is 0.335 e. The van der Waals surface area contributed by atoms with Crippen LogP contribution in [-0.2, 0) is 11.2 Å². The molecule has 0 aliphatic rings. The summed E-state index contributed by atoms with van der Waals surface area (Å²) in [7, 11) is 1.61. The predicted molar refractivity (Wildman–Crippen MR) is 103 cm³/mol. The molecule has 4 heteroatoms. The number of aromatic carboxylic acids is 1. The van der Waals surface area contributed by atoms with Crippen LogP contribution in [0.5, 0.6) is 5.75 Å². The van der Waals surface area contributed by atoms with E-state index in [0.717, 1.165) is 34.4 Å². The molecule has 0 amide bonds. The van der Waals surface area contributed by atoms with E-state index in [1.807, 2.05) is 26.8 Å². The highest BCUT2D eigenvalue weighted by atomic mass is 16.7. The van der Waals surface area contributed by atoms with E-state index in [2.05, 4.69) is 26.0 Å². The van der Waals surface area contributed by atoms with Gasteiger partial charge in [0.25, 0.3) is 0 Å². The molecule has 2 rings (SSSR count). The molecule has 26 heavy (non-hydrogen) atoms. The molecule has 140 valence electrons. The largest absolute Gasteiger partial charge is 0.478 e. The number of hydrogen-bond donors (Lipinski definition) is 1. The summed E-state index contributed by atoms with van der Waals surface area (Å²) < 4.78 is 10.7. The lowest BCUT2D eigenvalue weighted by Crippen LogP contribution is -2.07. The molecular weight excluding hydrogens is 328 g/mol. The molecule has 0 spiro atoms. The standard InChI is InChI=1S/C22H28O4/c1-13(2)18-10-17(7-8-21(18)26-12-25-6)11-19-14(3)9-20(22(23)24)16(5)15(19)4/h7-10,13H,11-12H2,1-6H3,(H,23,24). The molecule has 4 nitrogen and oxygen atoms in total. The Morgan fingerprint density at radius 1 is 1.12 bits per heavy atom. The molecular formula is C22H28O4. The van der Waals surface area contributed by atoms with Crippen LogP contribution in [0.15, 0.2) is 24.3 Å². The van der Waals surface area contributed by atoms with Gasteiger partial charge in [0, 0.05) is 7.11 Å². The molecule has 2 aromatic carbocycles. The van der Waals surface area contributed by atoms with E-state index in [0.29, 0.717) is 11.5 Å². The molecule has 0 radical (unpaired) electrons. The van der Waals surface area contributed by atoms with Crippen molar-refractivity contribution in [2.24, 2.45) is 0 Å². The maximum atomic E-state index is 11.4. The van der Waals surface area contributed by atoms with Gasteiger partial charge in [-0.25, -0.2) is 4.79 Å². The second-order valence-corrected chi connectivity index (χ2v) is 7.03. The fourth-order valence-corrected chi connectivity index (χ4v) is 3.25. The highest BCUT2D eigenvalue weighted by Crippen LogP contribution is 2.30. The van der Waals surface area contributed by atoms with Crippen LogP contribution in [-0.4, -0.2) is 25.0 Å². The summed E-state index contributed by atoms with van der Waals surface area (Å²) in [6.45, 7) is 10.4. The van der Waals surface area contributed by atoms with Crippen LogP contribution in [0, 0.1) is 20.8 Å². The zero-order chi connectivity index (χ0) is 19.4. The van der Waals surface area contributed by atoms with Crippen LogP contribution in [0.25, 0.3) is 0 Å². The normalized spacial score (nSPS) is 11.0. The summed E-state index contributed by atoms with van der Waals surface area (Å²) in [6, 6.07) is 8.01. The minimum Gasteiger partial charge on any atom is -0.478 e. The van der Waals surface area contributed by atoms with E-state index in [1.165, 1.54) is 11.1 Å². The van der Waals surface area contributed by atoms with E-state index in [4.69, 9.17) is 9.47 Å². The third-order valence-electron chi connectivity index (χ3n) is 4.90. The third kappa shape index (κ3) is 4.25. The molecule has 0 aliphatic heterocycles. The monoisotopic (exact) mass is 356 g/mol. The van der Waals surface area contributed by atoms with E-state index in [9.17, 15) is 9.90 Å². The first-order valence-electron chi connectivity index (χ1n) is 8.83. The van der Waals surface area contributed by atoms with Crippen LogP contribution in [0.1, 0.15) is 63.5 Å². The number of carbonyl (C=O) groups is 1. The second kappa shape index (κ2) is 8.37. The van der Waals surface area contributed by atoms with Crippen LogP contribution in [0.3, 0.4) is 0 Å². The first-order valence-corrected chi connectivity index (χ1v) is 8.83. The van der Waals surface area contributed by atoms with Crippen molar-refractivity contribution >= 4 is 5.97 Å². The fourth-order valence-electron chi connectivity index (χ4n) is 3.25. The van der Waals surface area contributed by atoms with Crippen molar-refractivity contribution in [3.63, 3.8) is 0 Å². The number of ether oxygens (including phenoxy) is 2. The van der Waals surface area contributed by atoms with Gasteiger partial charge in [-0.2, -0.15) is 0 Å². The lowest BCUT2D eigenvalue weighted by atomic mass is 9.89. The lowest BCUT2D eigenvalue weighted by Gasteiger charge is -2.18. The van der Waals surface area contributed by atoms with Gasteiger partial charge in [0.2, 0.25) is 0 Å². The Morgan fingerprint density at radius 3 is 2.38 bits per heavy atom. The molecule has 2 aromatic rings. The van der Waals surface area contributed by atoms with Crippen molar-refractivity contribution in [2.45, 2.75) is 47.0 Å². The van der Waals surface area contributed by atoms with Gasteiger partial charge in [-0.15, -0.1) is 0 Å². The van der Waals surface area contributed by atoms with Gasteiger partial charge in [-0.05, 0) is 78.6 Å². The molecule has 0 saturated carbocycles. The Labute approximate surface area is 155 Å². The predicted octanol–water partition coefficient (Wildman–Crippen LogP) is 5.01. The summed E-state index contributed by atoms with van der Waals surface area (Å²) in [4.78, 5) is 11.4. The smallest absolute Gasteiger partial charge is 0.335 e. The minimum absolute atomic E-state index is 0.229. The average Bonchev–Trinajstić information content (AvgIpc) is 2.60. The van der Waals surface area contributed by atoms with E-state index < -0.39 is 5.97 Å². The Bertz CT molecular complexity index is 806. The molecule has 0 fully saturated rings. The zero-order valence-electron chi connectivity index (χ0n) is 16.5. The average molecular weight is 356 g/mol. The quantitative estimate of drug-likeness (QED) is 0.709. The molecule has 0 atom stereocenters. The summed E-state index contributed by atoms with van der Waals surface area (Å²) in [6.07, 6.45) is 0.767. The number of carboxylic acids is 1. The van der Waals surface area contributed by atoms with Crippen LogP contribution >= 0.6 is 0 Å². The van der Waals surface area contributed by atoms with E-state index in [-0.39, 0.29) is 6.79 Å². The van der Waals surface area contributed by atoms with Gasteiger partial charge >= 0.3 is 5.97 Å².